The zero-order valence-corrected chi connectivity index (χ0v) is 8.91. The van der Waals surface area contributed by atoms with Crippen LogP contribution in [0.3, 0.4) is 0 Å². The molecule has 0 radical (unpaired) electrons. The number of imidazole rings is 1. The van der Waals surface area contributed by atoms with E-state index in [0.29, 0.717) is 5.69 Å². The number of rotatable bonds is 3. The van der Waals surface area contributed by atoms with Crippen LogP contribution in [-0.4, -0.2) is 37.7 Å². The first kappa shape index (κ1) is 10.9. The Hall–Kier alpha value is -2.57. The van der Waals surface area contributed by atoms with Gasteiger partial charge < -0.3 is 14.9 Å². The summed E-state index contributed by atoms with van der Waals surface area (Å²) in [5.41, 5.74) is 0.166. The Morgan fingerprint density at radius 3 is 2.82 bits per heavy atom. The summed E-state index contributed by atoms with van der Waals surface area (Å²) in [6.07, 6.45) is 1.30. The number of carbonyl (C=O) groups is 1. The van der Waals surface area contributed by atoms with Gasteiger partial charge in [0.2, 0.25) is 11.7 Å². The minimum atomic E-state index is -1.19. The predicted molar refractivity (Wildman–Crippen MR) is 57.7 cm³/mol. The number of methoxy groups -OCH3 is 1. The number of fused-ring (bicyclic) bond motifs is 1. The Morgan fingerprint density at radius 2 is 2.24 bits per heavy atom. The third-order valence-corrected chi connectivity index (χ3v) is 2.18. The van der Waals surface area contributed by atoms with Crippen molar-refractivity contribution in [2.24, 2.45) is 0 Å². The van der Waals surface area contributed by atoms with E-state index in [1.807, 2.05) is 0 Å². The van der Waals surface area contributed by atoms with Crippen LogP contribution in [0, 0.1) is 0 Å². The number of aromatic hydroxyl groups is 1. The molecule has 0 aromatic carbocycles. The molecule has 88 valence electrons. The standard InChI is InChI=1S/C10H9N3O4/c1-5(17-2)7-3-6(9(15)16)11-10-12-8(14)4-13(7)10/h3-4,14H,1H2,2H3,(H,15,16). The van der Waals surface area contributed by atoms with Crippen LogP contribution in [-0.2, 0) is 4.74 Å². The van der Waals surface area contributed by atoms with Crippen LogP contribution in [0.25, 0.3) is 11.5 Å². The topological polar surface area (TPSA) is 97.0 Å². The van der Waals surface area contributed by atoms with E-state index in [1.54, 1.807) is 0 Å². The first-order valence-electron chi connectivity index (χ1n) is 4.58. The monoisotopic (exact) mass is 235 g/mol. The number of carboxylic acids is 1. The molecule has 0 unspecified atom stereocenters. The van der Waals surface area contributed by atoms with E-state index in [-0.39, 0.29) is 23.1 Å². The predicted octanol–water partition coefficient (Wildman–Crippen LogP) is 0.750. The van der Waals surface area contributed by atoms with Crippen molar-refractivity contribution in [2.45, 2.75) is 0 Å². The van der Waals surface area contributed by atoms with Gasteiger partial charge in [-0.05, 0) is 6.07 Å². The van der Waals surface area contributed by atoms with E-state index in [1.165, 1.54) is 23.8 Å². The first-order chi connectivity index (χ1) is 8.02. The molecule has 0 aliphatic carbocycles. The zero-order chi connectivity index (χ0) is 12.6. The average Bonchev–Trinajstić information content (AvgIpc) is 2.66. The molecule has 2 N–H and O–H groups in total. The molecule has 0 spiro atoms. The van der Waals surface area contributed by atoms with Gasteiger partial charge >= 0.3 is 5.97 Å². The highest BCUT2D eigenvalue weighted by molar-refractivity contribution is 5.86. The molecular weight excluding hydrogens is 226 g/mol. The van der Waals surface area contributed by atoms with Crippen LogP contribution < -0.4 is 0 Å². The Labute approximate surface area is 95.6 Å². The molecule has 0 bridgehead atoms. The third-order valence-electron chi connectivity index (χ3n) is 2.18. The highest BCUT2D eigenvalue weighted by atomic mass is 16.5. The normalized spacial score (nSPS) is 10.4. The molecule has 0 fully saturated rings. The molecule has 0 atom stereocenters. The Morgan fingerprint density at radius 1 is 1.53 bits per heavy atom. The molecule has 2 heterocycles. The summed E-state index contributed by atoms with van der Waals surface area (Å²) in [7, 11) is 1.41. The van der Waals surface area contributed by atoms with Crippen LogP contribution in [0.2, 0.25) is 0 Å². The maximum absolute atomic E-state index is 10.9. The second-order valence-electron chi connectivity index (χ2n) is 3.23. The highest BCUT2D eigenvalue weighted by Crippen LogP contribution is 2.18. The molecule has 0 amide bonds. The van der Waals surface area contributed by atoms with Gasteiger partial charge in [-0.1, -0.05) is 6.58 Å². The number of aromatic nitrogens is 3. The minimum Gasteiger partial charge on any atom is -0.495 e. The number of ether oxygens (including phenoxy) is 1. The van der Waals surface area contributed by atoms with E-state index >= 15 is 0 Å². The van der Waals surface area contributed by atoms with Crippen molar-refractivity contribution < 1.29 is 19.7 Å². The molecule has 17 heavy (non-hydrogen) atoms. The second-order valence-corrected chi connectivity index (χ2v) is 3.23. The molecule has 7 heteroatoms. The van der Waals surface area contributed by atoms with Gasteiger partial charge in [0.1, 0.15) is 5.76 Å². The minimum absolute atomic E-state index is 0.0654. The summed E-state index contributed by atoms with van der Waals surface area (Å²) in [6.45, 7) is 3.63. The van der Waals surface area contributed by atoms with Gasteiger partial charge in [0.25, 0.3) is 0 Å². The van der Waals surface area contributed by atoms with Gasteiger partial charge in [-0.2, -0.15) is 4.98 Å². The van der Waals surface area contributed by atoms with Crippen LogP contribution in [0.1, 0.15) is 16.2 Å². The van der Waals surface area contributed by atoms with E-state index in [4.69, 9.17) is 9.84 Å². The Balaban J connectivity index is 2.77. The summed E-state index contributed by atoms with van der Waals surface area (Å²) in [6, 6.07) is 1.29. The SMILES string of the molecule is C=C(OC)c1cc(C(=O)O)nc2nc(O)cn12. The molecule has 0 saturated carbocycles. The molecular formula is C10H9N3O4. The number of nitrogens with zero attached hydrogens (tertiary/aromatic N) is 3. The molecule has 0 aliphatic heterocycles. The van der Waals surface area contributed by atoms with Gasteiger partial charge in [-0.25, -0.2) is 9.78 Å². The summed E-state index contributed by atoms with van der Waals surface area (Å²) in [5, 5.41) is 18.2. The largest absolute Gasteiger partial charge is 0.495 e. The van der Waals surface area contributed by atoms with Crippen LogP contribution >= 0.6 is 0 Å². The molecule has 7 nitrogen and oxygen atoms in total. The lowest BCUT2D eigenvalue weighted by Gasteiger charge is -2.07. The van der Waals surface area contributed by atoms with Gasteiger partial charge in [-0.15, -0.1) is 0 Å². The van der Waals surface area contributed by atoms with Crippen molar-refractivity contribution in [1.29, 1.82) is 0 Å². The second kappa shape index (κ2) is 3.78. The summed E-state index contributed by atoms with van der Waals surface area (Å²) < 4.78 is 6.34. The molecule has 2 aromatic rings. The van der Waals surface area contributed by atoms with Gasteiger partial charge in [0, 0.05) is 0 Å². The summed E-state index contributed by atoms with van der Waals surface area (Å²) >= 11 is 0. The molecule has 0 saturated heterocycles. The van der Waals surface area contributed by atoms with Crippen LogP contribution in [0.4, 0.5) is 0 Å². The van der Waals surface area contributed by atoms with Gasteiger partial charge in [0.05, 0.1) is 19.0 Å². The average molecular weight is 235 g/mol. The lowest BCUT2D eigenvalue weighted by molar-refractivity contribution is 0.0690. The maximum Gasteiger partial charge on any atom is 0.354 e. The highest BCUT2D eigenvalue weighted by Gasteiger charge is 2.15. The molecule has 2 aromatic heterocycles. The fraction of sp³-hybridized carbons (Fsp3) is 0.100. The van der Waals surface area contributed by atoms with Crippen LogP contribution in [0.15, 0.2) is 18.8 Å². The molecule has 2 rings (SSSR count). The Kier molecular flexibility index (Phi) is 2.43. The quantitative estimate of drug-likeness (QED) is 0.762. The number of aromatic carboxylic acids is 1. The van der Waals surface area contributed by atoms with Crippen LogP contribution in [0.5, 0.6) is 5.88 Å². The maximum atomic E-state index is 10.9. The van der Waals surface area contributed by atoms with Crippen molar-refractivity contribution in [2.75, 3.05) is 7.11 Å². The molecule has 0 aliphatic rings. The van der Waals surface area contributed by atoms with Gasteiger partial charge in [-0.3, -0.25) is 4.40 Å². The van der Waals surface area contributed by atoms with Crippen molar-refractivity contribution in [1.82, 2.24) is 14.4 Å². The number of carboxylic acid groups (broad SMARTS) is 1. The summed E-state index contributed by atoms with van der Waals surface area (Å²) in [4.78, 5) is 18.3. The third kappa shape index (κ3) is 1.78. The number of hydrogen-bond acceptors (Lipinski definition) is 5. The smallest absolute Gasteiger partial charge is 0.354 e. The van der Waals surface area contributed by atoms with E-state index in [0.717, 1.165) is 0 Å². The van der Waals surface area contributed by atoms with E-state index in [9.17, 15) is 9.90 Å². The number of hydrogen-bond donors (Lipinski definition) is 2. The zero-order valence-electron chi connectivity index (χ0n) is 8.91. The fourth-order valence-electron chi connectivity index (χ4n) is 1.38. The van der Waals surface area contributed by atoms with Crippen molar-refractivity contribution in [3.05, 3.63) is 30.2 Å². The van der Waals surface area contributed by atoms with Crippen molar-refractivity contribution in [3.63, 3.8) is 0 Å². The lowest BCUT2D eigenvalue weighted by atomic mass is 10.3. The van der Waals surface area contributed by atoms with E-state index < -0.39 is 5.97 Å². The van der Waals surface area contributed by atoms with Crippen molar-refractivity contribution >= 4 is 17.5 Å². The van der Waals surface area contributed by atoms with E-state index in [2.05, 4.69) is 16.5 Å². The summed E-state index contributed by atoms with van der Waals surface area (Å²) in [5.74, 6) is -1.14. The lowest BCUT2D eigenvalue weighted by Crippen LogP contribution is -2.06. The Bertz CT molecular complexity index is 617. The first-order valence-corrected chi connectivity index (χ1v) is 4.58. The van der Waals surface area contributed by atoms with Crippen molar-refractivity contribution in [3.8, 4) is 5.88 Å². The van der Waals surface area contributed by atoms with Gasteiger partial charge in [0.15, 0.2) is 5.69 Å². The fourth-order valence-corrected chi connectivity index (χ4v) is 1.38.